The van der Waals surface area contributed by atoms with Gasteiger partial charge >= 0.3 is 6.36 Å². The number of ether oxygens (including phenoxy) is 1. The molecular weight excluding hydrogens is 297 g/mol. The van der Waals surface area contributed by atoms with E-state index in [1.165, 1.54) is 54.7 Å². The molecule has 116 valence electrons. The van der Waals surface area contributed by atoms with Crippen LogP contribution in [0.5, 0.6) is 5.75 Å². The molecule has 0 fully saturated rings. The van der Waals surface area contributed by atoms with Crippen molar-refractivity contribution in [1.29, 1.82) is 0 Å². The number of amides is 1. The van der Waals surface area contributed by atoms with Crippen molar-refractivity contribution in [3.05, 3.63) is 59.9 Å². The van der Waals surface area contributed by atoms with Crippen molar-refractivity contribution in [1.82, 2.24) is 9.88 Å². The number of para-hydroxylation sites is 1. The first-order chi connectivity index (χ1) is 10.4. The van der Waals surface area contributed by atoms with E-state index in [1.54, 1.807) is 6.07 Å². The Kier molecular flexibility index (Phi) is 4.65. The zero-order valence-corrected chi connectivity index (χ0v) is 11.7. The van der Waals surface area contributed by atoms with Gasteiger partial charge in [-0.1, -0.05) is 18.2 Å². The quantitative estimate of drug-likeness (QED) is 0.870. The summed E-state index contributed by atoms with van der Waals surface area (Å²) in [6.07, 6.45) is -1.83. The van der Waals surface area contributed by atoms with Crippen LogP contribution in [0.2, 0.25) is 0 Å². The molecule has 0 N–H and O–H groups in total. The summed E-state index contributed by atoms with van der Waals surface area (Å²) in [7, 11) is 1.51. The Labute approximate surface area is 125 Å². The normalized spacial score (nSPS) is 11.1. The predicted octanol–water partition coefficient (Wildman–Crippen LogP) is 3.25. The van der Waals surface area contributed by atoms with Gasteiger partial charge in [0.25, 0.3) is 5.91 Å². The molecule has 2 rings (SSSR count). The second kappa shape index (κ2) is 6.46. The highest BCUT2D eigenvalue weighted by atomic mass is 19.4. The van der Waals surface area contributed by atoms with Gasteiger partial charge < -0.3 is 9.64 Å². The van der Waals surface area contributed by atoms with Gasteiger partial charge in [0.1, 0.15) is 5.75 Å². The molecule has 2 aromatic rings. The standard InChI is InChI=1S/C15H13F3N2O2/c1-20(14(21)11-6-8-19-9-7-11)10-12-4-2-3-5-13(12)22-15(16,17)18/h2-9H,10H2,1H3. The summed E-state index contributed by atoms with van der Waals surface area (Å²) in [6.45, 7) is -0.00654. The molecule has 0 aliphatic heterocycles. The van der Waals surface area contributed by atoms with Crippen LogP contribution in [-0.4, -0.2) is 29.2 Å². The summed E-state index contributed by atoms with van der Waals surface area (Å²) >= 11 is 0. The van der Waals surface area contributed by atoms with Gasteiger partial charge in [-0.15, -0.1) is 13.2 Å². The van der Waals surface area contributed by atoms with E-state index in [1.807, 2.05) is 0 Å². The van der Waals surface area contributed by atoms with Crippen LogP contribution in [-0.2, 0) is 6.54 Å². The number of alkyl halides is 3. The van der Waals surface area contributed by atoms with Crippen LogP contribution < -0.4 is 4.74 Å². The molecule has 22 heavy (non-hydrogen) atoms. The van der Waals surface area contributed by atoms with Gasteiger partial charge in [0.15, 0.2) is 0 Å². The van der Waals surface area contributed by atoms with Crippen LogP contribution in [0.3, 0.4) is 0 Å². The monoisotopic (exact) mass is 310 g/mol. The minimum Gasteiger partial charge on any atom is -0.405 e. The molecule has 4 nitrogen and oxygen atoms in total. The van der Waals surface area contributed by atoms with Crippen LogP contribution >= 0.6 is 0 Å². The van der Waals surface area contributed by atoms with E-state index in [9.17, 15) is 18.0 Å². The summed E-state index contributed by atoms with van der Waals surface area (Å²) in [5.74, 6) is -0.631. The number of benzene rings is 1. The molecule has 1 heterocycles. The van der Waals surface area contributed by atoms with Crippen LogP contribution in [0.4, 0.5) is 13.2 Å². The first-order valence-electron chi connectivity index (χ1n) is 6.36. The Morgan fingerprint density at radius 3 is 2.45 bits per heavy atom. The predicted molar refractivity (Wildman–Crippen MR) is 73.2 cm³/mol. The SMILES string of the molecule is CN(Cc1ccccc1OC(F)(F)F)C(=O)c1ccncc1. The van der Waals surface area contributed by atoms with Crippen molar-refractivity contribution >= 4 is 5.91 Å². The maximum absolute atomic E-state index is 12.4. The van der Waals surface area contributed by atoms with Crippen molar-refractivity contribution in [2.45, 2.75) is 12.9 Å². The second-order valence-electron chi connectivity index (χ2n) is 4.55. The third-order valence-electron chi connectivity index (χ3n) is 2.88. The van der Waals surface area contributed by atoms with E-state index in [0.29, 0.717) is 5.56 Å². The molecule has 7 heteroatoms. The number of carbonyl (C=O) groups is 1. The summed E-state index contributed by atoms with van der Waals surface area (Å²) in [6, 6.07) is 8.80. The van der Waals surface area contributed by atoms with Gasteiger partial charge in [-0.2, -0.15) is 0 Å². The van der Waals surface area contributed by atoms with Gasteiger partial charge in [0, 0.05) is 37.1 Å². The van der Waals surface area contributed by atoms with E-state index in [0.717, 1.165) is 0 Å². The number of pyridine rings is 1. The molecule has 0 saturated heterocycles. The first-order valence-corrected chi connectivity index (χ1v) is 6.36. The van der Waals surface area contributed by atoms with E-state index in [-0.39, 0.29) is 23.8 Å². The van der Waals surface area contributed by atoms with E-state index in [4.69, 9.17) is 0 Å². The average Bonchev–Trinajstić information content (AvgIpc) is 2.48. The Morgan fingerprint density at radius 1 is 1.18 bits per heavy atom. The van der Waals surface area contributed by atoms with Gasteiger partial charge in [0.2, 0.25) is 0 Å². The fourth-order valence-electron chi connectivity index (χ4n) is 1.90. The topological polar surface area (TPSA) is 42.4 Å². The van der Waals surface area contributed by atoms with Crippen LogP contribution in [0.15, 0.2) is 48.8 Å². The maximum Gasteiger partial charge on any atom is 0.573 e. The van der Waals surface area contributed by atoms with Crippen LogP contribution in [0.25, 0.3) is 0 Å². The van der Waals surface area contributed by atoms with Crippen LogP contribution in [0.1, 0.15) is 15.9 Å². The van der Waals surface area contributed by atoms with Gasteiger partial charge in [0.05, 0.1) is 0 Å². The Bertz CT molecular complexity index is 645. The lowest BCUT2D eigenvalue weighted by atomic mass is 10.1. The minimum absolute atomic E-state index is 0.00654. The van der Waals surface area contributed by atoms with Crippen LogP contribution in [0, 0.1) is 0 Å². The fraction of sp³-hybridized carbons (Fsp3) is 0.200. The molecule has 1 aromatic heterocycles. The minimum atomic E-state index is -4.77. The number of nitrogens with zero attached hydrogens (tertiary/aromatic N) is 2. The number of hydrogen-bond donors (Lipinski definition) is 0. The maximum atomic E-state index is 12.4. The third-order valence-corrected chi connectivity index (χ3v) is 2.88. The largest absolute Gasteiger partial charge is 0.573 e. The molecular formula is C15H13F3N2O2. The van der Waals surface area contributed by atoms with Crippen molar-refractivity contribution in [2.75, 3.05) is 7.05 Å². The molecule has 0 unspecified atom stereocenters. The Morgan fingerprint density at radius 2 is 1.82 bits per heavy atom. The van der Waals surface area contributed by atoms with Crippen molar-refractivity contribution < 1.29 is 22.7 Å². The number of carbonyl (C=O) groups excluding carboxylic acids is 1. The molecule has 0 aliphatic carbocycles. The molecule has 1 aromatic carbocycles. The number of aromatic nitrogens is 1. The lowest BCUT2D eigenvalue weighted by Crippen LogP contribution is -2.27. The average molecular weight is 310 g/mol. The number of hydrogen-bond acceptors (Lipinski definition) is 3. The Balaban J connectivity index is 2.15. The summed E-state index contributed by atoms with van der Waals surface area (Å²) < 4.78 is 41.1. The molecule has 0 spiro atoms. The van der Waals surface area contributed by atoms with Crippen molar-refractivity contribution in [2.24, 2.45) is 0 Å². The molecule has 0 radical (unpaired) electrons. The van der Waals surface area contributed by atoms with E-state index in [2.05, 4.69) is 9.72 Å². The van der Waals surface area contributed by atoms with Crippen molar-refractivity contribution in [3.8, 4) is 5.75 Å². The smallest absolute Gasteiger partial charge is 0.405 e. The number of rotatable bonds is 4. The lowest BCUT2D eigenvalue weighted by Gasteiger charge is -2.20. The zero-order chi connectivity index (χ0) is 16.2. The highest BCUT2D eigenvalue weighted by molar-refractivity contribution is 5.93. The molecule has 0 bridgehead atoms. The Hall–Kier alpha value is -2.57. The molecule has 0 aliphatic rings. The van der Waals surface area contributed by atoms with E-state index < -0.39 is 6.36 Å². The van der Waals surface area contributed by atoms with E-state index >= 15 is 0 Å². The highest BCUT2D eigenvalue weighted by Crippen LogP contribution is 2.27. The molecule has 0 saturated carbocycles. The summed E-state index contributed by atoms with van der Waals surface area (Å²) in [4.78, 5) is 17.3. The third kappa shape index (κ3) is 4.21. The molecule has 0 atom stereocenters. The lowest BCUT2D eigenvalue weighted by molar-refractivity contribution is -0.274. The van der Waals surface area contributed by atoms with Gasteiger partial charge in [-0.05, 0) is 18.2 Å². The second-order valence-corrected chi connectivity index (χ2v) is 4.55. The summed E-state index contributed by atoms with van der Waals surface area (Å²) in [5, 5.41) is 0. The zero-order valence-electron chi connectivity index (χ0n) is 11.7. The first kappa shape index (κ1) is 15.8. The number of halogens is 3. The summed E-state index contributed by atoms with van der Waals surface area (Å²) in [5.41, 5.74) is 0.677. The van der Waals surface area contributed by atoms with Crippen molar-refractivity contribution in [3.63, 3.8) is 0 Å². The fourth-order valence-corrected chi connectivity index (χ4v) is 1.90. The molecule has 1 amide bonds. The highest BCUT2D eigenvalue weighted by Gasteiger charge is 2.32. The van der Waals surface area contributed by atoms with Gasteiger partial charge in [-0.3, -0.25) is 9.78 Å². The van der Waals surface area contributed by atoms with Gasteiger partial charge in [-0.25, -0.2) is 0 Å².